The summed E-state index contributed by atoms with van der Waals surface area (Å²) < 4.78 is 13.1. The molecule has 1 N–H and O–H groups in total. The molecule has 0 spiro atoms. The number of fused-ring (bicyclic) bond motifs is 2. The number of benzene rings is 1. The van der Waals surface area contributed by atoms with Crippen LogP contribution in [0.15, 0.2) is 24.3 Å². The van der Waals surface area contributed by atoms with Gasteiger partial charge in [0.15, 0.2) is 17.1 Å². The topological polar surface area (TPSA) is 86.5 Å². The summed E-state index contributed by atoms with van der Waals surface area (Å²) in [5, 5.41) is 14.4. The normalized spacial score (nSPS) is 13.9. The zero-order chi connectivity index (χ0) is 19.0. The van der Waals surface area contributed by atoms with Gasteiger partial charge >= 0.3 is 5.97 Å². The van der Waals surface area contributed by atoms with Crippen LogP contribution in [0.1, 0.15) is 33.7 Å². The van der Waals surface area contributed by atoms with Crippen molar-refractivity contribution in [2.75, 3.05) is 13.2 Å². The smallest absolute Gasteiger partial charge is 0.336 e. The Morgan fingerprint density at radius 3 is 2.89 bits per heavy atom. The van der Waals surface area contributed by atoms with Gasteiger partial charge in [-0.15, -0.1) is 0 Å². The number of carboxylic acid groups (broad SMARTS) is 1. The van der Waals surface area contributed by atoms with Crippen LogP contribution in [-0.2, 0) is 7.05 Å². The lowest BCUT2D eigenvalue weighted by Gasteiger charge is -2.09. The molecule has 0 radical (unpaired) electrons. The van der Waals surface area contributed by atoms with Crippen molar-refractivity contribution in [3.63, 3.8) is 0 Å². The molecule has 0 fully saturated rings. The highest BCUT2D eigenvalue weighted by atomic mass is 16.5. The van der Waals surface area contributed by atoms with Gasteiger partial charge in [0.05, 0.1) is 35.6 Å². The molecule has 7 heteroatoms. The minimum absolute atomic E-state index is 0.191. The van der Waals surface area contributed by atoms with E-state index in [0.717, 1.165) is 12.0 Å². The summed E-state index contributed by atoms with van der Waals surface area (Å²) in [4.78, 5) is 16.3. The Labute approximate surface area is 155 Å². The highest BCUT2D eigenvalue weighted by Crippen LogP contribution is 2.34. The molecular formula is C20H19N3O4. The van der Waals surface area contributed by atoms with E-state index in [2.05, 4.69) is 10.1 Å². The molecule has 0 amide bonds. The molecule has 2 aromatic heterocycles. The largest absolute Gasteiger partial charge is 0.490 e. The maximum absolute atomic E-state index is 11.7. The summed E-state index contributed by atoms with van der Waals surface area (Å²) in [5.74, 6) is 0.409. The summed E-state index contributed by atoms with van der Waals surface area (Å²) in [6.07, 6.45) is 4.46. The van der Waals surface area contributed by atoms with Crippen LogP contribution in [0.25, 0.3) is 23.2 Å². The lowest BCUT2D eigenvalue weighted by atomic mass is 10.1. The molecule has 1 aromatic carbocycles. The Morgan fingerprint density at radius 2 is 2.07 bits per heavy atom. The number of ether oxygens (including phenoxy) is 2. The third-order valence-corrected chi connectivity index (χ3v) is 4.45. The van der Waals surface area contributed by atoms with Gasteiger partial charge in [0.2, 0.25) is 0 Å². The highest BCUT2D eigenvalue weighted by molar-refractivity contribution is 6.03. The van der Waals surface area contributed by atoms with Gasteiger partial charge in [-0.2, -0.15) is 5.10 Å². The minimum Gasteiger partial charge on any atom is -0.490 e. The van der Waals surface area contributed by atoms with Crippen LogP contribution in [0.3, 0.4) is 0 Å². The number of hydrogen-bond donors (Lipinski definition) is 1. The summed E-state index contributed by atoms with van der Waals surface area (Å²) in [6.45, 7) is 3.00. The summed E-state index contributed by atoms with van der Waals surface area (Å²) in [7, 11) is 1.75. The second kappa shape index (κ2) is 6.75. The minimum atomic E-state index is -1.00. The predicted molar refractivity (Wildman–Crippen MR) is 101 cm³/mol. The van der Waals surface area contributed by atoms with Gasteiger partial charge in [0.25, 0.3) is 0 Å². The monoisotopic (exact) mass is 365 g/mol. The third-order valence-electron chi connectivity index (χ3n) is 4.45. The van der Waals surface area contributed by atoms with Gasteiger partial charge in [0.1, 0.15) is 0 Å². The number of para-hydroxylation sites is 1. The first-order valence-corrected chi connectivity index (χ1v) is 8.69. The van der Waals surface area contributed by atoms with Crippen LogP contribution >= 0.6 is 0 Å². The van der Waals surface area contributed by atoms with Crippen LogP contribution in [-0.4, -0.2) is 39.1 Å². The third kappa shape index (κ3) is 3.12. The molecular weight excluding hydrogens is 346 g/mol. The Hall–Kier alpha value is -3.35. The number of aromatic carboxylic acids is 1. The van der Waals surface area contributed by atoms with Gasteiger partial charge in [-0.3, -0.25) is 4.68 Å². The van der Waals surface area contributed by atoms with Crippen LogP contribution in [0.2, 0.25) is 0 Å². The fourth-order valence-corrected chi connectivity index (χ4v) is 3.24. The van der Waals surface area contributed by atoms with Crippen molar-refractivity contribution in [1.82, 2.24) is 14.8 Å². The Kier molecular flexibility index (Phi) is 4.27. The lowest BCUT2D eigenvalue weighted by molar-refractivity contribution is 0.0699. The van der Waals surface area contributed by atoms with E-state index in [1.54, 1.807) is 30.8 Å². The van der Waals surface area contributed by atoms with Crippen LogP contribution < -0.4 is 9.47 Å². The fourth-order valence-electron chi connectivity index (χ4n) is 3.24. The van der Waals surface area contributed by atoms with Crippen molar-refractivity contribution in [1.29, 1.82) is 0 Å². The number of aryl methyl sites for hydroxylation is 2. The van der Waals surface area contributed by atoms with Gasteiger partial charge < -0.3 is 14.6 Å². The van der Waals surface area contributed by atoms with Crippen molar-refractivity contribution in [2.45, 2.75) is 13.3 Å². The Morgan fingerprint density at radius 1 is 1.26 bits per heavy atom. The van der Waals surface area contributed by atoms with E-state index in [9.17, 15) is 9.90 Å². The fraction of sp³-hybridized carbons (Fsp3) is 0.250. The molecule has 0 atom stereocenters. The first-order valence-electron chi connectivity index (χ1n) is 8.69. The van der Waals surface area contributed by atoms with Crippen LogP contribution in [0.4, 0.5) is 0 Å². The number of carbonyl (C=O) groups is 1. The number of nitrogens with zero attached hydrogens (tertiary/aromatic N) is 3. The van der Waals surface area contributed by atoms with Gasteiger partial charge in [-0.05, 0) is 31.2 Å². The van der Waals surface area contributed by atoms with Crippen molar-refractivity contribution in [3.8, 4) is 11.5 Å². The first-order chi connectivity index (χ1) is 13.0. The SMILES string of the molecule is Cc1nn(C)c2nc(/C=C/c3cccc4c3OCCCO4)cc(C(=O)O)c12. The molecule has 1 aliphatic rings. The molecule has 7 nitrogen and oxygen atoms in total. The maximum atomic E-state index is 11.7. The Bertz CT molecular complexity index is 1070. The molecule has 138 valence electrons. The Balaban J connectivity index is 1.78. The molecule has 0 saturated heterocycles. The van der Waals surface area contributed by atoms with Gasteiger partial charge in [-0.1, -0.05) is 12.1 Å². The van der Waals surface area contributed by atoms with Crippen molar-refractivity contribution in [3.05, 3.63) is 46.8 Å². The van der Waals surface area contributed by atoms with E-state index in [-0.39, 0.29) is 5.56 Å². The van der Waals surface area contributed by atoms with E-state index >= 15 is 0 Å². The van der Waals surface area contributed by atoms with Crippen LogP contribution in [0, 0.1) is 6.92 Å². The maximum Gasteiger partial charge on any atom is 0.336 e. The molecule has 0 saturated carbocycles. The second-order valence-electron chi connectivity index (χ2n) is 6.37. The molecule has 0 unspecified atom stereocenters. The average Bonchev–Trinajstić information content (AvgIpc) is 2.83. The molecule has 0 bridgehead atoms. The molecule has 0 aliphatic carbocycles. The van der Waals surface area contributed by atoms with E-state index in [1.165, 1.54) is 0 Å². The molecule has 1 aliphatic heterocycles. The number of hydrogen-bond acceptors (Lipinski definition) is 5. The van der Waals surface area contributed by atoms with Crippen molar-refractivity contribution >= 4 is 29.2 Å². The van der Waals surface area contributed by atoms with Crippen molar-refractivity contribution < 1.29 is 19.4 Å². The predicted octanol–water partition coefficient (Wildman–Crippen LogP) is 3.31. The van der Waals surface area contributed by atoms with Gasteiger partial charge in [0, 0.05) is 19.0 Å². The quantitative estimate of drug-likeness (QED) is 0.766. The average molecular weight is 365 g/mol. The number of carboxylic acids is 1. The second-order valence-corrected chi connectivity index (χ2v) is 6.37. The standard InChI is InChI=1S/C20H19N3O4/c1-12-17-15(20(24)25)11-14(21-19(17)23(2)22-12)8-7-13-5-3-6-16-18(13)27-10-4-9-26-16/h3,5-8,11H,4,9-10H2,1-2H3,(H,24,25)/b8-7+. The van der Waals surface area contributed by atoms with E-state index in [1.807, 2.05) is 24.3 Å². The summed E-state index contributed by atoms with van der Waals surface area (Å²) in [5.41, 5.74) is 2.77. The first kappa shape index (κ1) is 17.1. The van der Waals surface area contributed by atoms with E-state index < -0.39 is 5.97 Å². The van der Waals surface area contributed by atoms with Crippen LogP contribution in [0.5, 0.6) is 11.5 Å². The molecule has 27 heavy (non-hydrogen) atoms. The summed E-state index contributed by atoms with van der Waals surface area (Å²) >= 11 is 0. The van der Waals surface area contributed by atoms with Crippen molar-refractivity contribution in [2.24, 2.45) is 7.05 Å². The van der Waals surface area contributed by atoms with E-state index in [0.29, 0.717) is 47.1 Å². The zero-order valence-electron chi connectivity index (χ0n) is 15.1. The highest BCUT2D eigenvalue weighted by Gasteiger charge is 2.17. The molecule has 3 aromatic rings. The van der Waals surface area contributed by atoms with Gasteiger partial charge in [-0.25, -0.2) is 9.78 Å². The zero-order valence-corrected chi connectivity index (χ0v) is 15.1. The number of aromatic nitrogens is 3. The number of rotatable bonds is 3. The lowest BCUT2D eigenvalue weighted by Crippen LogP contribution is -2.01. The molecule has 3 heterocycles. The molecule has 4 rings (SSSR count). The number of pyridine rings is 1. The van der Waals surface area contributed by atoms with E-state index in [4.69, 9.17) is 9.47 Å². The summed E-state index contributed by atoms with van der Waals surface area (Å²) in [6, 6.07) is 7.27.